The Hall–Kier alpha value is -6.32. The van der Waals surface area contributed by atoms with Gasteiger partial charge in [0.2, 0.25) is 0 Å². The fourth-order valence-electron chi connectivity index (χ4n) is 8.15. The Morgan fingerprint density at radius 3 is 1.13 bits per heavy atom. The van der Waals surface area contributed by atoms with Gasteiger partial charge in [-0.1, -0.05) is 139 Å². The van der Waals surface area contributed by atoms with Crippen molar-refractivity contribution >= 4 is 75.3 Å². The molecule has 302 valence electrons. The van der Waals surface area contributed by atoms with Gasteiger partial charge in [0.05, 0.1) is 22.8 Å². The molecular formula is C54H48MgN6O. The standard InChI is InChI=1S/C54H49N6O.Mg/c1-34-8-14-37(15-9-34)50-42-24-26-44(57-42)51(38-16-10-35(2)11-17-38)46-28-30-48(59-46)53(40-20-22-41(23-21-40)54(61)56-33-7-5-4-6-32-55)49-31-29-47(60-49)52(45-27-25-43(50)58-45)39-18-12-36(3)13-19-39;/h8-31H,4-7,32-33,55H2,1-3H3,(H2-,56,57,58,59,60,61);/q-1;+2/p-1. The predicted octanol–water partition coefficient (Wildman–Crippen LogP) is 11.4. The summed E-state index contributed by atoms with van der Waals surface area (Å²) in [6.07, 6.45) is 12.4. The Kier molecular flexibility index (Phi) is 12.8. The van der Waals surface area contributed by atoms with E-state index < -0.39 is 0 Å². The molecule has 0 unspecified atom stereocenters. The van der Waals surface area contributed by atoms with Gasteiger partial charge in [0.15, 0.2) is 0 Å². The second-order valence-electron chi connectivity index (χ2n) is 16.0. The molecule has 3 N–H and O–H groups in total. The summed E-state index contributed by atoms with van der Waals surface area (Å²) in [4.78, 5) is 34.8. The number of carbonyl (C=O) groups excluding carboxylic acids is 1. The number of fused-ring (bicyclic) bond motifs is 8. The molecule has 0 fully saturated rings. The van der Waals surface area contributed by atoms with Crippen LogP contribution in [-0.4, -0.2) is 52.0 Å². The Morgan fingerprint density at radius 2 is 0.790 bits per heavy atom. The van der Waals surface area contributed by atoms with Crippen LogP contribution in [0.2, 0.25) is 0 Å². The summed E-state index contributed by atoms with van der Waals surface area (Å²) in [5.74, 6) is -0.0867. The average molecular weight is 821 g/mol. The van der Waals surface area contributed by atoms with Gasteiger partial charge in [0.1, 0.15) is 0 Å². The van der Waals surface area contributed by atoms with Crippen LogP contribution < -0.4 is 21.0 Å². The quantitative estimate of drug-likeness (QED) is 0.0993. The van der Waals surface area contributed by atoms with Crippen molar-refractivity contribution in [2.45, 2.75) is 46.5 Å². The molecular weight excluding hydrogens is 773 g/mol. The number of hydrogen-bond acceptors (Lipinski definition) is 4. The number of hydrogen-bond donors (Lipinski definition) is 2. The third kappa shape index (κ3) is 8.86. The van der Waals surface area contributed by atoms with Crippen LogP contribution in [0.15, 0.2) is 121 Å². The molecule has 1 amide bonds. The number of unbranched alkanes of at least 4 members (excludes halogenated alkanes) is 3. The summed E-state index contributed by atoms with van der Waals surface area (Å²) in [6.45, 7) is 7.63. The molecule has 5 heterocycles. The fourth-order valence-corrected chi connectivity index (χ4v) is 8.15. The molecule has 62 heavy (non-hydrogen) atoms. The second-order valence-corrected chi connectivity index (χ2v) is 16.0. The topological polar surface area (TPSA) is 109 Å². The van der Waals surface area contributed by atoms with Crippen LogP contribution in [0.1, 0.15) is 75.5 Å². The van der Waals surface area contributed by atoms with Crippen molar-refractivity contribution in [1.29, 1.82) is 0 Å². The van der Waals surface area contributed by atoms with Crippen LogP contribution in [0.3, 0.4) is 0 Å². The van der Waals surface area contributed by atoms with Gasteiger partial charge in [-0.05, 0) is 121 Å². The minimum absolute atomic E-state index is 0. The van der Waals surface area contributed by atoms with Gasteiger partial charge in [0.25, 0.3) is 5.91 Å². The summed E-state index contributed by atoms with van der Waals surface area (Å²) < 4.78 is 0. The third-order valence-electron chi connectivity index (χ3n) is 11.5. The van der Waals surface area contributed by atoms with Crippen molar-refractivity contribution < 1.29 is 4.79 Å². The maximum absolute atomic E-state index is 13.2. The zero-order valence-electron chi connectivity index (χ0n) is 35.6. The van der Waals surface area contributed by atoms with E-state index in [1.165, 1.54) is 16.7 Å². The van der Waals surface area contributed by atoms with Crippen LogP contribution >= 0.6 is 0 Å². The number of benzene rings is 4. The van der Waals surface area contributed by atoms with Crippen molar-refractivity contribution in [2.24, 2.45) is 5.73 Å². The number of nitrogens with one attached hydrogen (secondary N) is 1. The Labute approximate surface area is 379 Å². The second kappa shape index (κ2) is 18.7. The number of amides is 1. The SMILES string of the molecule is Cc1ccc(-c2c3nc(c(-c4ccc(C)cc4)c4ccc([n-]4)c(-c4ccc(C(=O)NCCCCCCN)cc4)c4nc(c(-c5ccc(C)cc5)c5ccc2[n-]5)C=C4)C=C3)cc1.[Mg+2]. The summed E-state index contributed by atoms with van der Waals surface area (Å²) in [5.41, 5.74) is 23.9. The largest absolute Gasteiger partial charge is 2.00 e. The van der Waals surface area contributed by atoms with Gasteiger partial charge >= 0.3 is 23.1 Å². The molecule has 3 aromatic heterocycles. The number of carbonyl (C=O) groups is 1. The van der Waals surface area contributed by atoms with Crippen molar-refractivity contribution in [3.8, 4) is 44.5 Å². The van der Waals surface area contributed by atoms with E-state index in [4.69, 9.17) is 25.7 Å². The molecule has 4 aromatic carbocycles. The molecule has 2 aliphatic heterocycles. The molecule has 0 spiro atoms. The van der Waals surface area contributed by atoms with Crippen molar-refractivity contribution in [3.63, 3.8) is 0 Å². The zero-order valence-corrected chi connectivity index (χ0v) is 37.0. The Morgan fingerprint density at radius 1 is 0.468 bits per heavy atom. The maximum Gasteiger partial charge on any atom is 2.00 e. The number of aryl methyl sites for hydroxylation is 3. The van der Waals surface area contributed by atoms with Gasteiger partial charge in [0, 0.05) is 12.1 Å². The van der Waals surface area contributed by atoms with Gasteiger partial charge in [-0.25, -0.2) is 9.97 Å². The molecule has 0 radical (unpaired) electrons. The van der Waals surface area contributed by atoms with Crippen LogP contribution in [0.5, 0.6) is 0 Å². The van der Waals surface area contributed by atoms with E-state index >= 15 is 0 Å². The maximum atomic E-state index is 13.2. The number of rotatable bonds is 11. The molecule has 7 aromatic rings. The summed E-state index contributed by atoms with van der Waals surface area (Å²) in [7, 11) is 0. The zero-order chi connectivity index (χ0) is 41.9. The molecule has 0 aliphatic carbocycles. The first-order valence-electron chi connectivity index (χ1n) is 21.2. The smallest absolute Gasteiger partial charge is 0.657 e. The molecule has 0 atom stereocenters. The Balaban J connectivity index is 0.00000529. The number of aromatic nitrogens is 4. The number of nitrogens with zero attached hydrogens (tertiary/aromatic N) is 4. The van der Waals surface area contributed by atoms with Crippen LogP contribution in [0.25, 0.3) is 90.9 Å². The van der Waals surface area contributed by atoms with Crippen LogP contribution in [-0.2, 0) is 0 Å². The fraction of sp³-hybridized carbons (Fsp3) is 0.167. The van der Waals surface area contributed by atoms with Gasteiger partial charge in [-0.15, -0.1) is 22.1 Å². The van der Waals surface area contributed by atoms with Gasteiger partial charge < -0.3 is 21.0 Å². The van der Waals surface area contributed by atoms with Crippen LogP contribution in [0, 0.1) is 20.8 Å². The predicted molar refractivity (Wildman–Crippen MR) is 258 cm³/mol. The van der Waals surface area contributed by atoms with Gasteiger partial charge in [-0.2, -0.15) is 0 Å². The minimum atomic E-state index is -0.0867. The molecule has 2 aliphatic rings. The van der Waals surface area contributed by atoms with E-state index in [2.05, 4.69) is 147 Å². The normalized spacial score (nSPS) is 11.7. The summed E-state index contributed by atoms with van der Waals surface area (Å²) >= 11 is 0. The summed E-state index contributed by atoms with van der Waals surface area (Å²) in [5, 5.41) is 3.09. The van der Waals surface area contributed by atoms with Crippen molar-refractivity contribution in [1.82, 2.24) is 25.3 Å². The molecule has 0 saturated carbocycles. The average Bonchev–Trinajstić information content (AvgIpc) is 4.12. The Bertz CT molecular complexity index is 2930. The van der Waals surface area contributed by atoms with E-state index in [0.717, 1.165) is 115 Å². The molecule has 0 saturated heterocycles. The van der Waals surface area contributed by atoms with E-state index in [9.17, 15) is 4.79 Å². The summed E-state index contributed by atoms with van der Waals surface area (Å²) in [6, 6.07) is 41.8. The minimum Gasteiger partial charge on any atom is -0.657 e. The van der Waals surface area contributed by atoms with E-state index in [-0.39, 0.29) is 29.0 Å². The molecule has 8 bridgehead atoms. The van der Waals surface area contributed by atoms with E-state index in [0.29, 0.717) is 18.7 Å². The van der Waals surface area contributed by atoms with Gasteiger partial charge in [-0.3, -0.25) is 4.79 Å². The van der Waals surface area contributed by atoms with Crippen LogP contribution in [0.4, 0.5) is 0 Å². The van der Waals surface area contributed by atoms with E-state index in [1.54, 1.807) is 0 Å². The van der Waals surface area contributed by atoms with E-state index in [1.807, 2.05) is 24.3 Å². The third-order valence-corrected chi connectivity index (χ3v) is 11.5. The molecule has 7 nitrogen and oxygen atoms in total. The van der Waals surface area contributed by atoms with Crippen molar-refractivity contribution in [2.75, 3.05) is 13.1 Å². The first-order chi connectivity index (χ1) is 29.8. The first-order valence-corrected chi connectivity index (χ1v) is 21.2. The molecule has 8 heteroatoms. The molecule has 9 rings (SSSR count). The van der Waals surface area contributed by atoms with Crippen molar-refractivity contribution in [3.05, 3.63) is 166 Å². The monoisotopic (exact) mass is 820 g/mol. The number of nitrogens with two attached hydrogens (primary N) is 1. The first kappa shape index (κ1) is 42.4.